The number of thioether (sulfide) groups is 1. The Bertz CT molecular complexity index is 962. The Morgan fingerprint density at radius 1 is 1.07 bits per heavy atom. The quantitative estimate of drug-likeness (QED) is 0.215. The molecule has 5 heteroatoms. The van der Waals surface area contributed by atoms with E-state index < -0.39 is 0 Å². The van der Waals surface area contributed by atoms with Crippen molar-refractivity contribution in [2.75, 3.05) is 5.75 Å². The van der Waals surface area contributed by atoms with Crippen LogP contribution in [0.4, 0.5) is 0 Å². The largest absolute Gasteiger partial charge is 0.242 e. The summed E-state index contributed by atoms with van der Waals surface area (Å²) in [6.07, 6.45) is 13.1. The number of hydrogen-bond acceptors (Lipinski definition) is 5. The van der Waals surface area contributed by atoms with E-state index in [4.69, 9.17) is 9.97 Å². The average Bonchev–Trinajstić information content (AvgIpc) is 3.28. The van der Waals surface area contributed by atoms with Gasteiger partial charge in [-0.15, -0.1) is 23.1 Å². The number of fused-ring (bicyclic) bond motifs is 5. The summed E-state index contributed by atoms with van der Waals surface area (Å²) in [4.78, 5) is 15.7. The van der Waals surface area contributed by atoms with Crippen molar-refractivity contribution in [3.63, 3.8) is 0 Å². The lowest BCUT2D eigenvalue weighted by Crippen LogP contribution is -2.03. The average molecular weight is 414 g/mol. The Kier molecular flexibility index (Phi) is 6.52. The minimum absolute atomic E-state index is 0.641. The second-order valence-electron chi connectivity index (χ2n) is 8.37. The summed E-state index contributed by atoms with van der Waals surface area (Å²) >= 11 is 3.71. The molecular weight excluding hydrogens is 382 g/mol. The van der Waals surface area contributed by atoms with Gasteiger partial charge in [0.25, 0.3) is 0 Å². The van der Waals surface area contributed by atoms with Gasteiger partial charge in [0.1, 0.15) is 16.2 Å². The maximum atomic E-state index is 5.14. The SMILES string of the molecule is CCCCCCCSc1ncnc2c1sc1nc(CC(C)C)c3c(c12)CCC3. The van der Waals surface area contributed by atoms with E-state index in [2.05, 4.69) is 25.8 Å². The minimum Gasteiger partial charge on any atom is -0.242 e. The Balaban J connectivity index is 1.66. The first-order valence-electron chi connectivity index (χ1n) is 10.9. The Labute approximate surface area is 176 Å². The molecule has 3 nitrogen and oxygen atoms in total. The van der Waals surface area contributed by atoms with Gasteiger partial charge in [-0.2, -0.15) is 0 Å². The highest BCUT2D eigenvalue weighted by atomic mass is 32.2. The van der Waals surface area contributed by atoms with Crippen LogP contribution in [-0.2, 0) is 19.3 Å². The van der Waals surface area contributed by atoms with Gasteiger partial charge in [0.2, 0.25) is 0 Å². The molecule has 28 heavy (non-hydrogen) atoms. The molecule has 0 unspecified atom stereocenters. The van der Waals surface area contributed by atoms with E-state index in [0.29, 0.717) is 5.92 Å². The molecule has 3 aromatic rings. The fourth-order valence-corrected chi connectivity index (χ4v) is 6.54. The van der Waals surface area contributed by atoms with Crippen molar-refractivity contribution in [2.24, 2.45) is 5.92 Å². The van der Waals surface area contributed by atoms with Crippen LogP contribution < -0.4 is 0 Å². The molecule has 0 spiro atoms. The Morgan fingerprint density at radius 2 is 1.89 bits per heavy atom. The van der Waals surface area contributed by atoms with Crippen molar-refractivity contribution in [1.29, 1.82) is 0 Å². The number of hydrogen-bond donors (Lipinski definition) is 0. The van der Waals surface area contributed by atoms with Gasteiger partial charge in [0.05, 0.1) is 10.2 Å². The fourth-order valence-electron chi connectivity index (χ4n) is 4.29. The van der Waals surface area contributed by atoms with Crippen molar-refractivity contribution < 1.29 is 0 Å². The van der Waals surface area contributed by atoms with E-state index in [0.717, 1.165) is 22.7 Å². The Morgan fingerprint density at radius 3 is 2.71 bits per heavy atom. The molecule has 3 heterocycles. The molecule has 150 valence electrons. The molecule has 0 radical (unpaired) electrons. The molecule has 0 aromatic carbocycles. The van der Waals surface area contributed by atoms with Crippen LogP contribution >= 0.6 is 23.1 Å². The minimum atomic E-state index is 0.641. The van der Waals surface area contributed by atoms with E-state index >= 15 is 0 Å². The lowest BCUT2D eigenvalue weighted by atomic mass is 9.99. The number of thiophene rings is 1. The monoisotopic (exact) mass is 413 g/mol. The van der Waals surface area contributed by atoms with Crippen LogP contribution in [0, 0.1) is 5.92 Å². The first-order valence-corrected chi connectivity index (χ1v) is 12.7. The second-order valence-corrected chi connectivity index (χ2v) is 10.5. The summed E-state index contributed by atoms with van der Waals surface area (Å²) in [5, 5.41) is 2.48. The number of aryl methyl sites for hydroxylation is 1. The smallest absolute Gasteiger partial charge is 0.126 e. The molecule has 1 aliphatic carbocycles. The maximum absolute atomic E-state index is 5.14. The number of pyridine rings is 1. The lowest BCUT2D eigenvalue weighted by Gasteiger charge is -2.11. The first-order chi connectivity index (χ1) is 13.7. The van der Waals surface area contributed by atoms with Crippen LogP contribution in [0.2, 0.25) is 0 Å². The van der Waals surface area contributed by atoms with E-state index in [1.165, 1.54) is 83.1 Å². The highest BCUT2D eigenvalue weighted by Crippen LogP contribution is 2.42. The van der Waals surface area contributed by atoms with Gasteiger partial charge >= 0.3 is 0 Å². The zero-order valence-electron chi connectivity index (χ0n) is 17.4. The van der Waals surface area contributed by atoms with Crippen molar-refractivity contribution in [3.05, 3.63) is 23.1 Å². The molecule has 3 aromatic heterocycles. The van der Waals surface area contributed by atoms with E-state index in [9.17, 15) is 0 Å². The molecule has 0 fully saturated rings. The normalized spacial score (nSPS) is 13.9. The van der Waals surface area contributed by atoms with Crippen molar-refractivity contribution in [3.8, 4) is 0 Å². The van der Waals surface area contributed by atoms with E-state index in [-0.39, 0.29) is 0 Å². The van der Waals surface area contributed by atoms with Crippen molar-refractivity contribution >= 4 is 43.5 Å². The van der Waals surface area contributed by atoms with E-state index in [1.807, 2.05) is 23.1 Å². The van der Waals surface area contributed by atoms with Crippen molar-refractivity contribution in [2.45, 2.75) is 83.6 Å². The molecule has 0 bridgehead atoms. The summed E-state index contributed by atoms with van der Waals surface area (Å²) in [5.74, 6) is 1.79. The molecule has 0 saturated heterocycles. The van der Waals surface area contributed by atoms with Gasteiger partial charge in [0.15, 0.2) is 0 Å². The molecule has 0 saturated carbocycles. The van der Waals surface area contributed by atoms with Gasteiger partial charge in [-0.25, -0.2) is 15.0 Å². The van der Waals surface area contributed by atoms with Crippen LogP contribution in [0.15, 0.2) is 11.4 Å². The third kappa shape index (κ3) is 4.06. The summed E-state index contributed by atoms with van der Waals surface area (Å²) < 4.78 is 1.25. The fraction of sp³-hybridized carbons (Fsp3) is 0.609. The van der Waals surface area contributed by atoms with Gasteiger partial charge in [-0.05, 0) is 54.9 Å². The molecule has 0 N–H and O–H groups in total. The highest BCUT2D eigenvalue weighted by molar-refractivity contribution is 7.99. The third-order valence-electron chi connectivity index (χ3n) is 5.61. The topological polar surface area (TPSA) is 38.7 Å². The van der Waals surface area contributed by atoms with Crippen LogP contribution in [-0.4, -0.2) is 20.7 Å². The van der Waals surface area contributed by atoms with Gasteiger partial charge in [-0.3, -0.25) is 0 Å². The Hall–Kier alpha value is -1.20. The maximum Gasteiger partial charge on any atom is 0.126 e. The van der Waals surface area contributed by atoms with Crippen LogP contribution in [0.1, 0.15) is 76.1 Å². The standard InChI is InChI=1S/C23H31N3S2/c1-4-5-6-7-8-12-27-23-21-20(24-14-25-23)19-17-11-9-10-16(17)18(13-15(2)3)26-22(19)28-21/h14-15H,4-13H2,1-3H3. The van der Waals surface area contributed by atoms with Gasteiger partial charge in [-0.1, -0.05) is 46.5 Å². The van der Waals surface area contributed by atoms with Crippen LogP contribution in [0.25, 0.3) is 20.4 Å². The predicted octanol–water partition coefficient (Wildman–Crippen LogP) is 6.99. The third-order valence-corrected chi connectivity index (χ3v) is 7.90. The summed E-state index contributed by atoms with van der Waals surface area (Å²) in [6, 6.07) is 0. The molecule has 0 aliphatic heterocycles. The van der Waals surface area contributed by atoms with Gasteiger partial charge in [0, 0.05) is 11.1 Å². The second kappa shape index (κ2) is 9.08. The summed E-state index contributed by atoms with van der Waals surface area (Å²) in [5.41, 5.74) is 5.52. The molecular formula is C23H31N3S2. The number of aromatic nitrogens is 3. The zero-order valence-corrected chi connectivity index (χ0v) is 19.0. The molecule has 0 amide bonds. The van der Waals surface area contributed by atoms with Gasteiger partial charge < -0.3 is 0 Å². The number of unbranched alkanes of at least 4 members (excludes halogenated alkanes) is 4. The predicted molar refractivity (Wildman–Crippen MR) is 123 cm³/mol. The van der Waals surface area contributed by atoms with Crippen molar-refractivity contribution in [1.82, 2.24) is 15.0 Å². The molecule has 4 rings (SSSR count). The number of nitrogens with zero attached hydrogens (tertiary/aromatic N) is 3. The summed E-state index contributed by atoms with van der Waals surface area (Å²) in [7, 11) is 0. The van der Waals surface area contributed by atoms with Crippen LogP contribution in [0.3, 0.4) is 0 Å². The zero-order chi connectivity index (χ0) is 19.5. The highest BCUT2D eigenvalue weighted by Gasteiger charge is 2.24. The van der Waals surface area contributed by atoms with Crippen LogP contribution in [0.5, 0.6) is 0 Å². The molecule has 1 aliphatic rings. The number of rotatable bonds is 9. The summed E-state index contributed by atoms with van der Waals surface area (Å²) in [6.45, 7) is 6.85. The first kappa shape index (κ1) is 20.1. The molecule has 0 atom stereocenters. The lowest BCUT2D eigenvalue weighted by molar-refractivity contribution is 0.632. The van der Waals surface area contributed by atoms with E-state index in [1.54, 1.807) is 6.33 Å².